The van der Waals surface area contributed by atoms with Gasteiger partial charge in [-0.15, -0.1) is 0 Å². The van der Waals surface area contributed by atoms with Crippen LogP contribution in [0.4, 0.5) is 34.1 Å². The minimum atomic E-state index is -0.110. The molecule has 0 saturated carbocycles. The standard InChI is InChI=1S/C50H48N2/c1-37-17-21-39(22-18-37)49(3,4)41-25-29-45(30-26-41)51(43-13-9-7-10-14-43)47-33-35-48(36-34-47)52(44-15-11-8-12-16-44)46-31-27-42(28-32-46)50(5,6)40-23-19-38(2)20-24-40/h7-36H,1-6H3. The molecule has 0 fully saturated rings. The molecule has 0 bridgehead atoms. The zero-order valence-electron chi connectivity index (χ0n) is 31.2. The molecule has 7 aromatic rings. The molecule has 0 unspecified atom stereocenters. The molecule has 52 heavy (non-hydrogen) atoms. The second-order valence-electron chi connectivity index (χ2n) is 14.9. The fraction of sp³-hybridized carbons (Fsp3) is 0.160. The number of para-hydroxylation sites is 2. The quantitative estimate of drug-likeness (QED) is 0.142. The molecular weight excluding hydrogens is 629 g/mol. The van der Waals surface area contributed by atoms with E-state index in [1.807, 2.05) is 0 Å². The number of hydrogen-bond acceptors (Lipinski definition) is 2. The summed E-state index contributed by atoms with van der Waals surface area (Å²) in [5, 5.41) is 0. The van der Waals surface area contributed by atoms with Crippen LogP contribution in [0.3, 0.4) is 0 Å². The highest BCUT2D eigenvalue weighted by Crippen LogP contribution is 2.41. The highest BCUT2D eigenvalue weighted by Gasteiger charge is 2.25. The fourth-order valence-corrected chi connectivity index (χ4v) is 7.13. The molecule has 0 aliphatic carbocycles. The third-order valence-corrected chi connectivity index (χ3v) is 10.6. The van der Waals surface area contributed by atoms with Gasteiger partial charge in [0.25, 0.3) is 0 Å². The van der Waals surface area contributed by atoms with Gasteiger partial charge in [-0.25, -0.2) is 0 Å². The first-order valence-corrected chi connectivity index (χ1v) is 18.3. The largest absolute Gasteiger partial charge is 0.311 e. The first-order valence-electron chi connectivity index (χ1n) is 18.3. The van der Waals surface area contributed by atoms with Crippen LogP contribution in [0.15, 0.2) is 182 Å². The van der Waals surface area contributed by atoms with E-state index >= 15 is 0 Å². The molecule has 0 aromatic heterocycles. The van der Waals surface area contributed by atoms with E-state index in [1.165, 1.54) is 33.4 Å². The van der Waals surface area contributed by atoms with Crippen LogP contribution in [0.5, 0.6) is 0 Å². The Hall–Kier alpha value is -5.86. The van der Waals surface area contributed by atoms with Gasteiger partial charge in [-0.05, 0) is 109 Å². The van der Waals surface area contributed by atoms with E-state index in [2.05, 4.69) is 233 Å². The first-order chi connectivity index (χ1) is 25.1. The summed E-state index contributed by atoms with van der Waals surface area (Å²) in [4.78, 5) is 4.67. The van der Waals surface area contributed by atoms with E-state index in [1.54, 1.807) is 0 Å². The summed E-state index contributed by atoms with van der Waals surface area (Å²) in [6, 6.07) is 66.1. The van der Waals surface area contributed by atoms with Gasteiger partial charge in [0.2, 0.25) is 0 Å². The molecule has 2 nitrogen and oxygen atoms in total. The summed E-state index contributed by atoms with van der Waals surface area (Å²) < 4.78 is 0. The summed E-state index contributed by atoms with van der Waals surface area (Å²) in [6.45, 7) is 13.5. The van der Waals surface area contributed by atoms with E-state index in [-0.39, 0.29) is 10.8 Å². The molecule has 2 heteroatoms. The SMILES string of the molecule is Cc1ccc(C(C)(C)c2ccc(N(c3ccccc3)c3ccc(N(c4ccccc4)c4ccc(C(C)(C)c5ccc(C)cc5)cc4)cc3)cc2)cc1. The third kappa shape index (κ3) is 7.02. The number of benzene rings is 7. The molecule has 7 aromatic carbocycles. The fourth-order valence-electron chi connectivity index (χ4n) is 7.13. The maximum atomic E-state index is 2.33. The van der Waals surface area contributed by atoms with Crippen molar-refractivity contribution in [3.05, 3.63) is 215 Å². The Kier molecular flexibility index (Phi) is 9.58. The second kappa shape index (κ2) is 14.4. The first kappa shape index (κ1) is 34.6. The van der Waals surface area contributed by atoms with Crippen molar-refractivity contribution < 1.29 is 0 Å². The maximum Gasteiger partial charge on any atom is 0.0463 e. The van der Waals surface area contributed by atoms with Crippen molar-refractivity contribution in [1.29, 1.82) is 0 Å². The van der Waals surface area contributed by atoms with Crippen LogP contribution < -0.4 is 9.80 Å². The predicted octanol–water partition coefficient (Wildman–Crippen LogP) is 13.9. The lowest BCUT2D eigenvalue weighted by atomic mass is 9.78. The van der Waals surface area contributed by atoms with E-state index in [0.29, 0.717) is 0 Å². The lowest BCUT2D eigenvalue weighted by molar-refractivity contribution is 0.640. The number of nitrogens with zero attached hydrogens (tertiary/aromatic N) is 2. The minimum absolute atomic E-state index is 0.110. The molecule has 0 saturated heterocycles. The van der Waals surface area contributed by atoms with Crippen molar-refractivity contribution in [3.63, 3.8) is 0 Å². The van der Waals surface area contributed by atoms with Gasteiger partial charge < -0.3 is 9.80 Å². The lowest BCUT2D eigenvalue weighted by Crippen LogP contribution is -2.19. The van der Waals surface area contributed by atoms with Gasteiger partial charge in [0.15, 0.2) is 0 Å². The van der Waals surface area contributed by atoms with E-state index in [4.69, 9.17) is 0 Å². The van der Waals surface area contributed by atoms with E-state index in [0.717, 1.165) is 34.1 Å². The summed E-state index contributed by atoms with van der Waals surface area (Å²) >= 11 is 0. The summed E-state index contributed by atoms with van der Waals surface area (Å²) in [5.74, 6) is 0. The molecule has 7 rings (SSSR count). The van der Waals surface area contributed by atoms with Crippen LogP contribution in [0.2, 0.25) is 0 Å². The van der Waals surface area contributed by atoms with Crippen LogP contribution in [0.1, 0.15) is 61.1 Å². The van der Waals surface area contributed by atoms with Crippen molar-refractivity contribution in [2.75, 3.05) is 9.80 Å². The van der Waals surface area contributed by atoms with Gasteiger partial charge >= 0.3 is 0 Å². The Morgan fingerprint density at radius 1 is 0.269 bits per heavy atom. The molecule has 0 heterocycles. The van der Waals surface area contributed by atoms with E-state index in [9.17, 15) is 0 Å². The monoisotopic (exact) mass is 676 g/mol. The topological polar surface area (TPSA) is 6.48 Å². The predicted molar refractivity (Wildman–Crippen MR) is 222 cm³/mol. The number of rotatable bonds is 10. The highest BCUT2D eigenvalue weighted by atomic mass is 15.2. The van der Waals surface area contributed by atoms with Crippen LogP contribution >= 0.6 is 0 Å². The Balaban J connectivity index is 1.22. The number of hydrogen-bond donors (Lipinski definition) is 0. The molecule has 0 atom stereocenters. The number of aryl methyl sites for hydroxylation is 2. The second-order valence-corrected chi connectivity index (χ2v) is 14.9. The molecule has 0 N–H and O–H groups in total. The van der Waals surface area contributed by atoms with Crippen LogP contribution in [-0.4, -0.2) is 0 Å². The Labute approximate surface area is 310 Å². The van der Waals surface area contributed by atoms with Gasteiger partial charge in [0.05, 0.1) is 0 Å². The van der Waals surface area contributed by atoms with Crippen molar-refractivity contribution in [1.82, 2.24) is 0 Å². The third-order valence-electron chi connectivity index (χ3n) is 10.6. The maximum absolute atomic E-state index is 2.33. The molecule has 258 valence electrons. The average molecular weight is 677 g/mol. The van der Waals surface area contributed by atoms with Crippen molar-refractivity contribution in [2.24, 2.45) is 0 Å². The molecule has 0 aliphatic heterocycles. The van der Waals surface area contributed by atoms with Gasteiger partial charge in [0.1, 0.15) is 0 Å². The summed E-state index contributed by atoms with van der Waals surface area (Å²) in [5.41, 5.74) is 14.2. The highest BCUT2D eigenvalue weighted by molar-refractivity contribution is 5.81. The van der Waals surface area contributed by atoms with Crippen molar-refractivity contribution in [2.45, 2.75) is 52.4 Å². The smallest absolute Gasteiger partial charge is 0.0463 e. The average Bonchev–Trinajstić information content (AvgIpc) is 3.17. The molecular formula is C50H48N2. The lowest BCUT2D eigenvalue weighted by Gasteiger charge is -2.30. The van der Waals surface area contributed by atoms with Gasteiger partial charge in [-0.1, -0.05) is 148 Å². The molecule has 0 spiro atoms. The molecule has 0 aliphatic rings. The van der Waals surface area contributed by atoms with Gasteiger partial charge in [0, 0.05) is 45.0 Å². The van der Waals surface area contributed by atoms with Crippen LogP contribution in [0.25, 0.3) is 0 Å². The van der Waals surface area contributed by atoms with Gasteiger partial charge in [-0.3, -0.25) is 0 Å². The van der Waals surface area contributed by atoms with Crippen LogP contribution in [-0.2, 0) is 10.8 Å². The Bertz CT molecular complexity index is 2030. The minimum Gasteiger partial charge on any atom is -0.311 e. The van der Waals surface area contributed by atoms with Crippen LogP contribution in [0, 0.1) is 13.8 Å². The van der Waals surface area contributed by atoms with Gasteiger partial charge in [-0.2, -0.15) is 0 Å². The Morgan fingerprint density at radius 2 is 0.481 bits per heavy atom. The summed E-state index contributed by atoms with van der Waals surface area (Å²) in [7, 11) is 0. The van der Waals surface area contributed by atoms with E-state index < -0.39 is 0 Å². The summed E-state index contributed by atoms with van der Waals surface area (Å²) in [6.07, 6.45) is 0. The zero-order valence-corrected chi connectivity index (χ0v) is 31.2. The molecule has 0 amide bonds. The Morgan fingerprint density at radius 3 is 0.750 bits per heavy atom. The number of anilines is 6. The molecule has 0 radical (unpaired) electrons. The van der Waals surface area contributed by atoms with Crippen molar-refractivity contribution >= 4 is 34.1 Å². The van der Waals surface area contributed by atoms with Crippen molar-refractivity contribution in [3.8, 4) is 0 Å². The normalized spacial score (nSPS) is 11.7. The zero-order chi connectivity index (χ0) is 36.3.